The van der Waals surface area contributed by atoms with Crippen molar-refractivity contribution in [3.63, 3.8) is 0 Å². The molecule has 1 saturated heterocycles. The van der Waals surface area contributed by atoms with Gasteiger partial charge in [-0.1, -0.05) is 18.6 Å². The Bertz CT molecular complexity index is 593. The van der Waals surface area contributed by atoms with E-state index in [9.17, 15) is 9.59 Å². The highest BCUT2D eigenvalue weighted by atomic mass is 16.2. The number of rotatable bonds is 4. The number of nitrogens with one attached hydrogen (secondary N) is 1. The van der Waals surface area contributed by atoms with E-state index in [0.29, 0.717) is 6.54 Å². The summed E-state index contributed by atoms with van der Waals surface area (Å²) in [6, 6.07) is 7.77. The summed E-state index contributed by atoms with van der Waals surface area (Å²) < 4.78 is 0. The fourth-order valence-corrected chi connectivity index (χ4v) is 3.84. The molecular formula is C20H29N3O2. The lowest BCUT2D eigenvalue weighted by molar-refractivity contribution is -0.126. The van der Waals surface area contributed by atoms with Crippen LogP contribution in [0.15, 0.2) is 24.3 Å². The van der Waals surface area contributed by atoms with E-state index in [0.717, 1.165) is 62.7 Å². The summed E-state index contributed by atoms with van der Waals surface area (Å²) in [4.78, 5) is 26.7. The molecule has 2 atom stereocenters. The van der Waals surface area contributed by atoms with Crippen LogP contribution < -0.4 is 11.1 Å². The van der Waals surface area contributed by atoms with Crippen LogP contribution in [-0.4, -0.2) is 35.8 Å². The molecule has 2 amide bonds. The highest BCUT2D eigenvalue weighted by molar-refractivity contribution is 5.94. The molecule has 1 aliphatic carbocycles. The molecule has 1 saturated carbocycles. The molecule has 5 heteroatoms. The highest BCUT2D eigenvalue weighted by Crippen LogP contribution is 2.23. The van der Waals surface area contributed by atoms with Gasteiger partial charge in [0.1, 0.15) is 0 Å². The van der Waals surface area contributed by atoms with Crippen molar-refractivity contribution >= 4 is 11.8 Å². The van der Waals surface area contributed by atoms with Crippen LogP contribution in [0.5, 0.6) is 0 Å². The first kappa shape index (κ1) is 17.9. The van der Waals surface area contributed by atoms with E-state index in [-0.39, 0.29) is 23.8 Å². The fraction of sp³-hybridized carbons (Fsp3) is 0.600. The molecule has 0 aromatic heterocycles. The molecule has 1 aromatic carbocycles. The predicted octanol–water partition coefficient (Wildman–Crippen LogP) is 2.45. The topological polar surface area (TPSA) is 75.4 Å². The minimum Gasteiger partial charge on any atom is -0.352 e. The maximum Gasteiger partial charge on any atom is 0.253 e. The Hall–Kier alpha value is -1.88. The van der Waals surface area contributed by atoms with Crippen molar-refractivity contribution in [3.8, 4) is 0 Å². The van der Waals surface area contributed by atoms with Gasteiger partial charge in [0.25, 0.3) is 5.91 Å². The molecule has 136 valence electrons. The van der Waals surface area contributed by atoms with Crippen LogP contribution in [0.2, 0.25) is 0 Å². The quantitative estimate of drug-likeness (QED) is 0.882. The van der Waals surface area contributed by atoms with Gasteiger partial charge in [-0.3, -0.25) is 9.59 Å². The van der Waals surface area contributed by atoms with Crippen molar-refractivity contribution in [2.24, 2.45) is 11.7 Å². The Morgan fingerprint density at radius 2 is 1.76 bits per heavy atom. The molecule has 5 nitrogen and oxygen atoms in total. The summed E-state index contributed by atoms with van der Waals surface area (Å²) in [6.45, 7) is 2.23. The molecule has 1 heterocycles. The lowest BCUT2D eigenvalue weighted by Crippen LogP contribution is -2.37. The second-order valence-electron chi connectivity index (χ2n) is 7.39. The summed E-state index contributed by atoms with van der Waals surface area (Å²) in [7, 11) is 0. The van der Waals surface area contributed by atoms with Crippen LogP contribution in [-0.2, 0) is 11.3 Å². The van der Waals surface area contributed by atoms with E-state index in [1.807, 2.05) is 29.2 Å². The zero-order valence-corrected chi connectivity index (χ0v) is 14.9. The third kappa shape index (κ3) is 4.82. The van der Waals surface area contributed by atoms with Gasteiger partial charge in [-0.05, 0) is 56.2 Å². The third-order valence-corrected chi connectivity index (χ3v) is 5.40. The minimum atomic E-state index is 0.0451. The summed E-state index contributed by atoms with van der Waals surface area (Å²) in [5.74, 6) is 0.263. The number of likely N-dealkylation sites (tertiary alicyclic amines) is 1. The Labute approximate surface area is 150 Å². The Morgan fingerprint density at radius 1 is 1.04 bits per heavy atom. The van der Waals surface area contributed by atoms with E-state index in [1.54, 1.807) is 0 Å². The van der Waals surface area contributed by atoms with E-state index in [1.165, 1.54) is 6.42 Å². The number of piperidine rings is 1. The van der Waals surface area contributed by atoms with Crippen molar-refractivity contribution in [1.82, 2.24) is 10.2 Å². The van der Waals surface area contributed by atoms with Gasteiger partial charge < -0.3 is 16.0 Å². The largest absolute Gasteiger partial charge is 0.352 e. The van der Waals surface area contributed by atoms with Gasteiger partial charge in [-0.2, -0.15) is 0 Å². The average Bonchev–Trinajstić information content (AvgIpc) is 2.66. The lowest BCUT2D eigenvalue weighted by atomic mass is 9.85. The first-order valence-electron chi connectivity index (χ1n) is 9.55. The molecular weight excluding hydrogens is 314 g/mol. The summed E-state index contributed by atoms with van der Waals surface area (Å²) in [5.41, 5.74) is 7.71. The van der Waals surface area contributed by atoms with Gasteiger partial charge >= 0.3 is 0 Å². The standard InChI is InChI=1S/C20H29N3O2/c21-18-6-4-5-17(13-18)19(24)22-14-15-7-9-16(10-8-15)20(25)23-11-2-1-3-12-23/h7-10,17-18H,1-6,11-14,21H2,(H,22,24). The van der Waals surface area contributed by atoms with Gasteiger partial charge in [-0.25, -0.2) is 0 Å². The molecule has 25 heavy (non-hydrogen) atoms. The lowest BCUT2D eigenvalue weighted by Gasteiger charge is -2.27. The van der Waals surface area contributed by atoms with Gasteiger partial charge in [0.2, 0.25) is 5.91 Å². The maximum atomic E-state index is 12.5. The van der Waals surface area contributed by atoms with Crippen LogP contribution >= 0.6 is 0 Å². The van der Waals surface area contributed by atoms with Crippen LogP contribution in [0, 0.1) is 5.92 Å². The van der Waals surface area contributed by atoms with Gasteiger partial charge in [0.05, 0.1) is 0 Å². The Kier molecular flexibility index (Phi) is 6.08. The molecule has 0 radical (unpaired) electrons. The van der Waals surface area contributed by atoms with Crippen molar-refractivity contribution in [3.05, 3.63) is 35.4 Å². The van der Waals surface area contributed by atoms with Gasteiger partial charge in [0, 0.05) is 37.2 Å². The Morgan fingerprint density at radius 3 is 2.44 bits per heavy atom. The molecule has 2 unspecified atom stereocenters. The number of carbonyl (C=O) groups excluding carboxylic acids is 2. The predicted molar refractivity (Wildman–Crippen MR) is 98.0 cm³/mol. The summed E-state index contributed by atoms with van der Waals surface area (Å²) in [5, 5.41) is 3.01. The maximum absolute atomic E-state index is 12.5. The number of hydrogen-bond donors (Lipinski definition) is 2. The van der Waals surface area contributed by atoms with Crippen LogP contribution in [0.1, 0.15) is 60.9 Å². The zero-order valence-electron chi connectivity index (χ0n) is 14.9. The molecule has 0 bridgehead atoms. The molecule has 1 aromatic rings. The first-order chi connectivity index (χ1) is 12.1. The second kappa shape index (κ2) is 8.48. The van der Waals surface area contributed by atoms with E-state index in [2.05, 4.69) is 5.32 Å². The average molecular weight is 343 g/mol. The number of benzene rings is 1. The second-order valence-corrected chi connectivity index (χ2v) is 7.39. The number of nitrogens with zero attached hydrogens (tertiary/aromatic N) is 1. The van der Waals surface area contributed by atoms with Crippen molar-refractivity contribution in [2.45, 2.75) is 57.5 Å². The zero-order chi connectivity index (χ0) is 17.6. The highest BCUT2D eigenvalue weighted by Gasteiger charge is 2.25. The molecule has 3 rings (SSSR count). The van der Waals surface area contributed by atoms with Crippen LogP contribution in [0.25, 0.3) is 0 Å². The molecule has 0 spiro atoms. The fourth-order valence-electron chi connectivity index (χ4n) is 3.84. The van der Waals surface area contributed by atoms with E-state index < -0.39 is 0 Å². The SMILES string of the molecule is NC1CCCC(C(=O)NCc2ccc(C(=O)N3CCCCC3)cc2)C1. The third-order valence-electron chi connectivity index (χ3n) is 5.40. The van der Waals surface area contributed by atoms with E-state index in [4.69, 9.17) is 5.73 Å². The first-order valence-corrected chi connectivity index (χ1v) is 9.55. The minimum absolute atomic E-state index is 0.0451. The van der Waals surface area contributed by atoms with Crippen molar-refractivity contribution < 1.29 is 9.59 Å². The normalized spacial score (nSPS) is 24.0. The van der Waals surface area contributed by atoms with Crippen LogP contribution in [0.3, 0.4) is 0 Å². The number of carbonyl (C=O) groups is 2. The molecule has 2 aliphatic rings. The molecule has 3 N–H and O–H groups in total. The van der Waals surface area contributed by atoms with Crippen molar-refractivity contribution in [1.29, 1.82) is 0 Å². The van der Waals surface area contributed by atoms with Gasteiger partial charge in [0.15, 0.2) is 0 Å². The Balaban J connectivity index is 1.50. The molecule has 1 aliphatic heterocycles. The summed E-state index contributed by atoms with van der Waals surface area (Å²) in [6.07, 6.45) is 7.19. The summed E-state index contributed by atoms with van der Waals surface area (Å²) >= 11 is 0. The van der Waals surface area contributed by atoms with Crippen LogP contribution in [0.4, 0.5) is 0 Å². The smallest absolute Gasteiger partial charge is 0.253 e. The van der Waals surface area contributed by atoms with Gasteiger partial charge in [-0.15, -0.1) is 0 Å². The van der Waals surface area contributed by atoms with Crippen molar-refractivity contribution in [2.75, 3.05) is 13.1 Å². The van der Waals surface area contributed by atoms with E-state index >= 15 is 0 Å². The molecule has 2 fully saturated rings. The monoisotopic (exact) mass is 343 g/mol. The number of hydrogen-bond acceptors (Lipinski definition) is 3. The number of amides is 2. The number of nitrogens with two attached hydrogens (primary N) is 1.